The first-order valence-corrected chi connectivity index (χ1v) is 11.2. The smallest absolute Gasteiger partial charge is 0.240 e. The van der Waals surface area contributed by atoms with Crippen LogP contribution in [0.5, 0.6) is 0 Å². The molecular formula is C16H14Cl2N2O2S3. The molecule has 0 fully saturated rings. The maximum absolute atomic E-state index is 12.6. The highest BCUT2D eigenvalue weighted by Crippen LogP contribution is 2.32. The molecule has 25 heavy (non-hydrogen) atoms. The van der Waals surface area contributed by atoms with E-state index in [1.807, 2.05) is 24.4 Å². The number of nitrogens with one attached hydrogen (secondary N) is 1. The van der Waals surface area contributed by atoms with Gasteiger partial charge in [-0.1, -0.05) is 29.3 Å². The van der Waals surface area contributed by atoms with Crippen molar-refractivity contribution in [2.24, 2.45) is 0 Å². The third kappa shape index (κ3) is 4.07. The number of benzene rings is 1. The molecule has 132 valence electrons. The number of aryl methyl sites for hydroxylation is 2. The van der Waals surface area contributed by atoms with Crippen LogP contribution in [0.1, 0.15) is 16.1 Å². The summed E-state index contributed by atoms with van der Waals surface area (Å²) < 4.78 is 27.8. The van der Waals surface area contributed by atoms with Crippen LogP contribution in [0.15, 0.2) is 34.5 Å². The first kappa shape index (κ1) is 18.8. The zero-order chi connectivity index (χ0) is 18.2. The van der Waals surface area contributed by atoms with Gasteiger partial charge in [0, 0.05) is 16.4 Å². The Morgan fingerprint density at radius 1 is 1.20 bits per heavy atom. The van der Waals surface area contributed by atoms with Crippen LogP contribution in [-0.2, 0) is 16.6 Å². The van der Waals surface area contributed by atoms with Crippen LogP contribution in [0.2, 0.25) is 10.0 Å². The number of aromatic nitrogens is 1. The average molecular weight is 433 g/mol. The number of hydrogen-bond donors (Lipinski definition) is 1. The Morgan fingerprint density at radius 3 is 2.64 bits per heavy atom. The minimum Gasteiger partial charge on any atom is -0.240 e. The summed E-state index contributed by atoms with van der Waals surface area (Å²) in [6.45, 7) is 3.77. The monoisotopic (exact) mass is 432 g/mol. The van der Waals surface area contributed by atoms with E-state index in [4.69, 9.17) is 23.2 Å². The average Bonchev–Trinajstić information content (AvgIpc) is 3.18. The Balaban J connectivity index is 1.83. The molecule has 2 aromatic heterocycles. The molecule has 9 heteroatoms. The van der Waals surface area contributed by atoms with Crippen molar-refractivity contribution in [3.63, 3.8) is 0 Å². The third-order valence-corrected chi connectivity index (χ3v) is 8.02. The molecule has 3 aromatic rings. The normalized spacial score (nSPS) is 11.8. The van der Waals surface area contributed by atoms with Gasteiger partial charge >= 0.3 is 0 Å². The predicted octanol–water partition coefficient (Wildman–Crippen LogP) is 5.27. The minimum atomic E-state index is -3.75. The minimum absolute atomic E-state index is 0.0247. The highest BCUT2D eigenvalue weighted by atomic mass is 35.5. The summed E-state index contributed by atoms with van der Waals surface area (Å²) in [5.74, 6) is 0. The molecule has 0 saturated heterocycles. The van der Waals surface area contributed by atoms with Gasteiger partial charge in [0.25, 0.3) is 0 Å². The zero-order valence-corrected chi connectivity index (χ0v) is 17.3. The van der Waals surface area contributed by atoms with Crippen LogP contribution in [-0.4, -0.2) is 13.4 Å². The first-order valence-electron chi connectivity index (χ1n) is 7.23. The molecule has 1 N–H and O–H groups in total. The van der Waals surface area contributed by atoms with Gasteiger partial charge in [-0.15, -0.1) is 22.7 Å². The van der Waals surface area contributed by atoms with E-state index in [2.05, 4.69) is 9.71 Å². The molecule has 1 aromatic carbocycles. The third-order valence-electron chi connectivity index (χ3n) is 3.55. The van der Waals surface area contributed by atoms with Gasteiger partial charge in [0.15, 0.2) is 0 Å². The standard InChI is InChI=1S/C16H14Cl2N2O2S3/c1-9-6-15(12(18)7-11(9)17)25(21,22)19-8-14-10(2)20-16(24-14)13-4-3-5-23-13/h3-7,19H,8H2,1-2H3. The Morgan fingerprint density at radius 2 is 1.96 bits per heavy atom. The molecule has 0 aliphatic carbocycles. The summed E-state index contributed by atoms with van der Waals surface area (Å²) in [5.41, 5.74) is 1.47. The molecule has 0 radical (unpaired) electrons. The lowest BCUT2D eigenvalue weighted by molar-refractivity contribution is 0.581. The number of sulfonamides is 1. The van der Waals surface area contributed by atoms with Crippen LogP contribution < -0.4 is 4.72 Å². The van der Waals surface area contributed by atoms with Crippen LogP contribution in [0.25, 0.3) is 9.88 Å². The number of rotatable bonds is 5. The van der Waals surface area contributed by atoms with Crippen molar-refractivity contribution in [3.8, 4) is 9.88 Å². The van der Waals surface area contributed by atoms with Crippen molar-refractivity contribution in [1.82, 2.24) is 9.71 Å². The summed E-state index contributed by atoms with van der Waals surface area (Å²) in [7, 11) is -3.75. The van der Waals surface area contributed by atoms with Crippen molar-refractivity contribution < 1.29 is 8.42 Å². The van der Waals surface area contributed by atoms with Crippen molar-refractivity contribution >= 4 is 55.9 Å². The predicted molar refractivity (Wildman–Crippen MR) is 105 cm³/mol. The number of thiophene rings is 1. The van der Waals surface area contributed by atoms with Crippen molar-refractivity contribution in [1.29, 1.82) is 0 Å². The molecule has 0 atom stereocenters. The fraction of sp³-hybridized carbons (Fsp3) is 0.188. The fourth-order valence-corrected chi connectivity index (χ4v) is 5.89. The molecule has 2 heterocycles. The maximum atomic E-state index is 12.6. The maximum Gasteiger partial charge on any atom is 0.242 e. The van der Waals surface area contributed by atoms with Gasteiger partial charge in [0.1, 0.15) is 9.90 Å². The molecule has 0 spiro atoms. The van der Waals surface area contributed by atoms with E-state index in [0.717, 1.165) is 20.5 Å². The first-order chi connectivity index (χ1) is 11.8. The van der Waals surface area contributed by atoms with E-state index in [0.29, 0.717) is 10.6 Å². The van der Waals surface area contributed by atoms with Crippen LogP contribution >= 0.6 is 45.9 Å². The summed E-state index contributed by atoms with van der Waals surface area (Å²) in [5, 5.41) is 3.41. The summed E-state index contributed by atoms with van der Waals surface area (Å²) in [6.07, 6.45) is 0. The Kier molecular flexibility index (Phi) is 5.53. The quantitative estimate of drug-likeness (QED) is 0.596. The molecular weight excluding hydrogens is 419 g/mol. The zero-order valence-electron chi connectivity index (χ0n) is 13.3. The molecule has 0 aliphatic heterocycles. The van der Waals surface area contributed by atoms with Crippen molar-refractivity contribution in [3.05, 3.63) is 55.8 Å². The van der Waals surface area contributed by atoms with Crippen molar-refractivity contribution in [2.75, 3.05) is 0 Å². The summed E-state index contributed by atoms with van der Waals surface area (Å²) >= 11 is 15.1. The van der Waals surface area contributed by atoms with Gasteiger partial charge in [-0.2, -0.15) is 0 Å². The summed E-state index contributed by atoms with van der Waals surface area (Å²) in [6, 6.07) is 6.88. The van der Waals surface area contributed by atoms with E-state index in [-0.39, 0.29) is 16.5 Å². The Bertz CT molecular complexity index is 1010. The number of thiazole rings is 1. The topological polar surface area (TPSA) is 59.1 Å². The van der Waals surface area contributed by atoms with Gasteiger partial charge in [0.2, 0.25) is 10.0 Å². The van der Waals surface area contributed by atoms with Gasteiger partial charge in [-0.25, -0.2) is 18.1 Å². The number of hydrogen-bond acceptors (Lipinski definition) is 5. The van der Waals surface area contributed by atoms with E-state index in [9.17, 15) is 8.42 Å². The molecule has 4 nitrogen and oxygen atoms in total. The lowest BCUT2D eigenvalue weighted by atomic mass is 10.2. The molecule has 0 aliphatic rings. The second kappa shape index (κ2) is 7.34. The molecule has 0 unspecified atom stereocenters. The van der Waals surface area contributed by atoms with Crippen LogP contribution in [0.4, 0.5) is 0 Å². The molecule has 3 rings (SSSR count). The lowest BCUT2D eigenvalue weighted by Crippen LogP contribution is -2.23. The van der Waals surface area contributed by atoms with Crippen molar-refractivity contribution in [2.45, 2.75) is 25.3 Å². The number of halogens is 2. The summed E-state index contributed by atoms with van der Waals surface area (Å²) in [4.78, 5) is 6.48. The second-order valence-electron chi connectivity index (χ2n) is 5.36. The van der Waals surface area contributed by atoms with Gasteiger partial charge in [-0.3, -0.25) is 0 Å². The molecule has 0 amide bonds. The molecule has 0 saturated carbocycles. The van der Waals surface area contributed by atoms with E-state index < -0.39 is 10.0 Å². The largest absolute Gasteiger partial charge is 0.242 e. The lowest BCUT2D eigenvalue weighted by Gasteiger charge is -2.09. The highest BCUT2D eigenvalue weighted by molar-refractivity contribution is 7.89. The van der Waals surface area contributed by atoms with E-state index in [1.165, 1.54) is 23.5 Å². The Labute approximate surface area is 164 Å². The molecule has 0 bridgehead atoms. The second-order valence-corrected chi connectivity index (χ2v) is 9.94. The highest BCUT2D eigenvalue weighted by Gasteiger charge is 2.20. The Hall–Kier alpha value is -0.960. The van der Waals surface area contributed by atoms with E-state index in [1.54, 1.807) is 18.3 Å². The van der Waals surface area contributed by atoms with Gasteiger partial charge in [-0.05, 0) is 43.0 Å². The van der Waals surface area contributed by atoms with Gasteiger partial charge < -0.3 is 0 Å². The van der Waals surface area contributed by atoms with Crippen LogP contribution in [0, 0.1) is 13.8 Å². The van der Waals surface area contributed by atoms with E-state index >= 15 is 0 Å². The van der Waals surface area contributed by atoms with Crippen LogP contribution in [0.3, 0.4) is 0 Å². The van der Waals surface area contributed by atoms with Gasteiger partial charge in [0.05, 0.1) is 15.6 Å². The number of nitrogens with zero attached hydrogens (tertiary/aromatic N) is 1. The fourth-order valence-electron chi connectivity index (χ4n) is 2.17. The SMILES string of the molecule is Cc1cc(S(=O)(=O)NCc2sc(-c3cccs3)nc2C)c(Cl)cc1Cl.